The molecule has 1 fully saturated rings. The quantitative estimate of drug-likeness (QED) is 0.878. The van der Waals surface area contributed by atoms with Gasteiger partial charge in [0, 0.05) is 43.8 Å². The summed E-state index contributed by atoms with van der Waals surface area (Å²) in [5, 5.41) is 6.91. The molecular formula is C16H24ClN3O. The van der Waals surface area contributed by atoms with Gasteiger partial charge in [-0.2, -0.15) is 0 Å². The molecule has 2 N–H and O–H groups in total. The van der Waals surface area contributed by atoms with Gasteiger partial charge < -0.3 is 15.5 Å². The standard InChI is InChI=1S/C16H24ClN3O/c1-12(21)19-10-13-5-7-20(8-6-13)16-4-3-15(17)9-14(16)11-18-2/h3-4,9,13,18H,5-8,10-11H2,1-2H3,(H,19,21). The Bertz CT molecular complexity index is 484. The summed E-state index contributed by atoms with van der Waals surface area (Å²) in [5.74, 6) is 0.650. The topological polar surface area (TPSA) is 44.4 Å². The van der Waals surface area contributed by atoms with Crippen LogP contribution in [0.25, 0.3) is 0 Å². The van der Waals surface area contributed by atoms with Gasteiger partial charge in [0.05, 0.1) is 0 Å². The minimum absolute atomic E-state index is 0.0615. The largest absolute Gasteiger partial charge is 0.371 e. The maximum atomic E-state index is 11.0. The average Bonchev–Trinajstić information content (AvgIpc) is 2.46. The third-order valence-electron chi connectivity index (χ3n) is 4.00. The molecule has 0 atom stereocenters. The summed E-state index contributed by atoms with van der Waals surface area (Å²) in [5.41, 5.74) is 2.51. The summed E-state index contributed by atoms with van der Waals surface area (Å²) in [6, 6.07) is 6.11. The third-order valence-corrected chi connectivity index (χ3v) is 4.24. The van der Waals surface area contributed by atoms with E-state index in [4.69, 9.17) is 11.6 Å². The van der Waals surface area contributed by atoms with Crippen molar-refractivity contribution in [3.8, 4) is 0 Å². The lowest BCUT2D eigenvalue weighted by molar-refractivity contribution is -0.119. The van der Waals surface area contributed by atoms with Gasteiger partial charge in [0.1, 0.15) is 0 Å². The molecular weight excluding hydrogens is 286 g/mol. The molecule has 1 saturated heterocycles. The number of hydrogen-bond donors (Lipinski definition) is 2. The van der Waals surface area contributed by atoms with Gasteiger partial charge in [-0.15, -0.1) is 0 Å². The van der Waals surface area contributed by atoms with Crippen LogP contribution < -0.4 is 15.5 Å². The Kier molecular flexibility index (Phi) is 5.88. The molecule has 4 nitrogen and oxygen atoms in total. The van der Waals surface area contributed by atoms with Crippen LogP contribution in [0.4, 0.5) is 5.69 Å². The number of benzene rings is 1. The average molecular weight is 310 g/mol. The lowest BCUT2D eigenvalue weighted by Crippen LogP contribution is -2.38. The van der Waals surface area contributed by atoms with Crippen molar-refractivity contribution in [1.82, 2.24) is 10.6 Å². The number of rotatable bonds is 5. The zero-order valence-corrected chi connectivity index (χ0v) is 13.5. The lowest BCUT2D eigenvalue weighted by atomic mass is 9.95. The van der Waals surface area contributed by atoms with Crippen LogP contribution in [0.2, 0.25) is 5.02 Å². The van der Waals surface area contributed by atoms with E-state index in [1.54, 1.807) is 6.92 Å². The highest BCUT2D eigenvalue weighted by molar-refractivity contribution is 6.30. The Hall–Kier alpha value is -1.26. The number of nitrogens with one attached hydrogen (secondary N) is 2. The molecule has 1 aromatic carbocycles. The van der Waals surface area contributed by atoms with Crippen molar-refractivity contribution >= 4 is 23.2 Å². The van der Waals surface area contributed by atoms with E-state index in [1.165, 1.54) is 11.3 Å². The van der Waals surface area contributed by atoms with Crippen LogP contribution in [0.1, 0.15) is 25.3 Å². The summed E-state index contributed by atoms with van der Waals surface area (Å²) in [7, 11) is 1.95. The zero-order chi connectivity index (χ0) is 15.2. The predicted octanol–water partition coefficient (Wildman–Crippen LogP) is 2.41. The molecule has 0 saturated carbocycles. The van der Waals surface area contributed by atoms with Crippen molar-refractivity contribution in [2.45, 2.75) is 26.3 Å². The second kappa shape index (κ2) is 7.66. The van der Waals surface area contributed by atoms with Gasteiger partial charge in [-0.25, -0.2) is 0 Å². The lowest BCUT2D eigenvalue weighted by Gasteiger charge is -2.35. The van der Waals surface area contributed by atoms with E-state index >= 15 is 0 Å². The summed E-state index contributed by atoms with van der Waals surface area (Å²) >= 11 is 6.10. The molecule has 0 aromatic heterocycles. The maximum Gasteiger partial charge on any atom is 0.216 e. The number of amides is 1. The van der Waals surface area contributed by atoms with Crippen LogP contribution in [0.3, 0.4) is 0 Å². The Labute approximate surface area is 131 Å². The van der Waals surface area contributed by atoms with Crippen molar-refractivity contribution in [2.75, 3.05) is 31.6 Å². The van der Waals surface area contributed by atoms with E-state index in [-0.39, 0.29) is 5.91 Å². The Morgan fingerprint density at radius 2 is 2.10 bits per heavy atom. The number of carbonyl (C=O) groups is 1. The molecule has 1 heterocycles. The van der Waals surface area contributed by atoms with E-state index in [2.05, 4.69) is 21.6 Å². The van der Waals surface area contributed by atoms with E-state index in [0.717, 1.165) is 44.0 Å². The molecule has 1 aliphatic rings. The number of halogens is 1. The summed E-state index contributed by atoms with van der Waals surface area (Å²) in [6.45, 7) is 5.26. The Morgan fingerprint density at radius 1 is 1.38 bits per heavy atom. The number of anilines is 1. The molecule has 1 aromatic rings. The van der Waals surface area contributed by atoms with Crippen molar-refractivity contribution in [2.24, 2.45) is 5.92 Å². The normalized spacial score (nSPS) is 16.0. The Morgan fingerprint density at radius 3 is 2.71 bits per heavy atom. The first kappa shape index (κ1) is 16.1. The zero-order valence-electron chi connectivity index (χ0n) is 12.8. The number of carbonyl (C=O) groups excluding carboxylic acids is 1. The molecule has 21 heavy (non-hydrogen) atoms. The van der Waals surface area contributed by atoms with Crippen LogP contribution in [0.5, 0.6) is 0 Å². The molecule has 1 aliphatic heterocycles. The van der Waals surface area contributed by atoms with Gasteiger partial charge >= 0.3 is 0 Å². The molecule has 0 bridgehead atoms. The minimum Gasteiger partial charge on any atom is -0.371 e. The first-order valence-corrected chi connectivity index (χ1v) is 7.90. The highest BCUT2D eigenvalue weighted by atomic mass is 35.5. The number of hydrogen-bond acceptors (Lipinski definition) is 3. The fourth-order valence-electron chi connectivity index (χ4n) is 2.86. The van der Waals surface area contributed by atoms with Crippen LogP contribution in [0, 0.1) is 5.92 Å². The van der Waals surface area contributed by atoms with Gasteiger partial charge in [0.2, 0.25) is 5.91 Å². The van der Waals surface area contributed by atoms with Crippen LogP contribution in [-0.2, 0) is 11.3 Å². The van der Waals surface area contributed by atoms with Crippen LogP contribution in [0.15, 0.2) is 18.2 Å². The number of nitrogens with zero attached hydrogens (tertiary/aromatic N) is 1. The summed E-state index contributed by atoms with van der Waals surface area (Å²) in [6.07, 6.45) is 2.23. The summed E-state index contributed by atoms with van der Waals surface area (Å²) in [4.78, 5) is 13.4. The monoisotopic (exact) mass is 309 g/mol. The van der Waals surface area contributed by atoms with Crippen LogP contribution >= 0.6 is 11.6 Å². The van der Waals surface area contributed by atoms with Gasteiger partial charge in [-0.05, 0) is 49.6 Å². The van der Waals surface area contributed by atoms with E-state index < -0.39 is 0 Å². The molecule has 116 valence electrons. The van der Waals surface area contributed by atoms with Gasteiger partial charge in [-0.1, -0.05) is 11.6 Å². The van der Waals surface area contributed by atoms with E-state index in [9.17, 15) is 4.79 Å². The first-order chi connectivity index (χ1) is 10.1. The SMILES string of the molecule is CNCc1cc(Cl)ccc1N1CCC(CNC(C)=O)CC1. The van der Waals surface area contributed by atoms with Gasteiger partial charge in [0.15, 0.2) is 0 Å². The molecule has 1 amide bonds. The smallest absolute Gasteiger partial charge is 0.216 e. The van der Waals surface area contributed by atoms with E-state index in [0.29, 0.717) is 5.92 Å². The van der Waals surface area contributed by atoms with Crippen molar-refractivity contribution < 1.29 is 4.79 Å². The molecule has 0 radical (unpaired) electrons. The van der Waals surface area contributed by atoms with Crippen molar-refractivity contribution in [3.05, 3.63) is 28.8 Å². The first-order valence-electron chi connectivity index (χ1n) is 7.52. The highest BCUT2D eigenvalue weighted by Crippen LogP contribution is 2.28. The molecule has 5 heteroatoms. The Balaban J connectivity index is 1.97. The second-order valence-electron chi connectivity index (χ2n) is 5.67. The fourth-order valence-corrected chi connectivity index (χ4v) is 3.06. The van der Waals surface area contributed by atoms with Crippen molar-refractivity contribution in [1.29, 1.82) is 0 Å². The fraction of sp³-hybridized carbons (Fsp3) is 0.562. The molecule has 2 rings (SSSR count). The maximum absolute atomic E-state index is 11.0. The molecule has 0 aliphatic carbocycles. The van der Waals surface area contributed by atoms with Crippen molar-refractivity contribution in [3.63, 3.8) is 0 Å². The van der Waals surface area contributed by atoms with Gasteiger partial charge in [-0.3, -0.25) is 4.79 Å². The molecule has 0 unspecified atom stereocenters. The van der Waals surface area contributed by atoms with E-state index in [1.807, 2.05) is 19.2 Å². The van der Waals surface area contributed by atoms with Crippen LogP contribution in [-0.4, -0.2) is 32.6 Å². The number of piperidine rings is 1. The predicted molar refractivity (Wildman–Crippen MR) is 87.8 cm³/mol. The second-order valence-corrected chi connectivity index (χ2v) is 6.11. The highest BCUT2D eigenvalue weighted by Gasteiger charge is 2.21. The summed E-state index contributed by atoms with van der Waals surface area (Å²) < 4.78 is 0. The minimum atomic E-state index is 0.0615. The molecule has 0 spiro atoms. The third kappa shape index (κ3) is 4.61. The van der Waals surface area contributed by atoms with Gasteiger partial charge in [0.25, 0.3) is 0 Å².